The van der Waals surface area contributed by atoms with Crippen molar-refractivity contribution in [3.05, 3.63) is 127 Å². The number of nitro groups is 2. The number of carbonyl (C=O) groups is 4. The maximum atomic E-state index is 12.3. The Hall–Kier alpha value is -6.89. The summed E-state index contributed by atoms with van der Waals surface area (Å²) in [6.45, 7) is 2.69. The Morgan fingerprint density at radius 3 is 1.32 bits per heavy atom. The largest absolute Gasteiger partial charge is 1.00 e. The van der Waals surface area contributed by atoms with Gasteiger partial charge in [0.05, 0.1) is 21.2 Å². The van der Waals surface area contributed by atoms with Crippen molar-refractivity contribution < 1.29 is 75.5 Å². The minimum Gasteiger partial charge on any atom is -0.506 e. The number of rotatable bonds is 8. The van der Waals surface area contributed by atoms with Crippen molar-refractivity contribution in [1.29, 1.82) is 0 Å². The van der Waals surface area contributed by atoms with Crippen molar-refractivity contribution in [3.63, 3.8) is 0 Å². The molecule has 0 unspecified atom stereocenters. The molecule has 4 aromatic carbocycles. The summed E-state index contributed by atoms with van der Waals surface area (Å²) < 4.78 is 0. The molecule has 0 atom stereocenters. The van der Waals surface area contributed by atoms with E-state index >= 15 is 0 Å². The van der Waals surface area contributed by atoms with Crippen LogP contribution in [0, 0.1) is 20.2 Å². The zero-order valence-electron chi connectivity index (χ0n) is 29.6. The van der Waals surface area contributed by atoms with Gasteiger partial charge in [-0.1, -0.05) is 36.4 Å². The van der Waals surface area contributed by atoms with Crippen LogP contribution in [0.2, 0.25) is 0 Å². The molecule has 56 heavy (non-hydrogen) atoms. The van der Waals surface area contributed by atoms with Crippen LogP contribution in [0.5, 0.6) is 11.5 Å². The molecule has 18 nitrogen and oxygen atoms in total. The van der Waals surface area contributed by atoms with Crippen molar-refractivity contribution in [2.45, 2.75) is 13.8 Å². The van der Waals surface area contributed by atoms with Crippen LogP contribution in [-0.2, 0) is 36.5 Å². The second kappa shape index (κ2) is 18.9. The minimum absolute atomic E-state index is 0. The van der Waals surface area contributed by atoms with Crippen molar-refractivity contribution >= 4 is 81.1 Å². The van der Waals surface area contributed by atoms with E-state index in [0.717, 1.165) is 36.4 Å². The number of hydrazone groups is 2. The van der Waals surface area contributed by atoms with Crippen LogP contribution in [0.15, 0.2) is 95.2 Å². The van der Waals surface area contributed by atoms with E-state index in [2.05, 4.69) is 31.7 Å². The molecule has 6 rings (SSSR count). The van der Waals surface area contributed by atoms with E-state index in [-0.39, 0.29) is 93.7 Å². The van der Waals surface area contributed by atoms with Gasteiger partial charge in [-0.15, -0.1) is 0 Å². The minimum atomic E-state index is -0.615. The fourth-order valence-corrected chi connectivity index (χ4v) is 5.18. The molecule has 2 aliphatic carbocycles. The van der Waals surface area contributed by atoms with Crippen molar-refractivity contribution in [1.82, 2.24) is 0 Å². The van der Waals surface area contributed by atoms with Crippen LogP contribution >= 0.6 is 0 Å². The van der Waals surface area contributed by atoms with Crippen LogP contribution in [0.4, 0.5) is 34.1 Å². The molecule has 0 heterocycles. The number of anilines is 4. The van der Waals surface area contributed by atoms with Gasteiger partial charge in [0, 0.05) is 66.6 Å². The molecule has 4 aromatic rings. The van der Waals surface area contributed by atoms with Crippen LogP contribution in [0.1, 0.15) is 36.1 Å². The van der Waals surface area contributed by atoms with E-state index in [0.29, 0.717) is 33.6 Å². The second-order valence-corrected chi connectivity index (χ2v) is 11.4. The van der Waals surface area contributed by atoms with Crippen molar-refractivity contribution in [3.8, 4) is 11.5 Å². The summed E-state index contributed by atoms with van der Waals surface area (Å²) in [5.74, 6) is -1.99. The summed E-state index contributed by atoms with van der Waals surface area (Å²) in [5.41, 5.74) is 7.42. The van der Waals surface area contributed by atoms with E-state index < -0.39 is 21.4 Å². The normalized spacial score (nSPS) is 13.5. The summed E-state index contributed by atoms with van der Waals surface area (Å²) in [6.07, 6.45) is 5.86. The predicted octanol–water partition coefficient (Wildman–Crippen LogP) is 2.34. The quantitative estimate of drug-likeness (QED) is 0.0650. The third kappa shape index (κ3) is 10.2. The standard InChI is InChI=1S/2C18H14N4O5.Cr.Li/c2*1-10(23)19-13-4-2-3-11-5-7-16(25)18(17(11)13)21-20-14-9-12(22(26)27)6-8-15(14)24;;/h2*2-9,20,24H,1H3,(H,19,23);;/q;;;+1/b2*21-18+;;. The average molecular weight is 792 g/mol. The summed E-state index contributed by atoms with van der Waals surface area (Å²) in [4.78, 5) is 68.1. The number of nitrogens with zero attached hydrogens (tertiary/aromatic N) is 4. The van der Waals surface area contributed by atoms with Gasteiger partial charge < -0.3 is 20.8 Å². The van der Waals surface area contributed by atoms with Gasteiger partial charge in [-0.05, 0) is 47.5 Å². The van der Waals surface area contributed by atoms with E-state index in [1.807, 2.05) is 0 Å². The van der Waals surface area contributed by atoms with Gasteiger partial charge in [-0.25, -0.2) is 0 Å². The fraction of sp³-hybridized carbons (Fsp3) is 0.0556. The van der Waals surface area contributed by atoms with Crippen LogP contribution < -0.4 is 40.3 Å². The molecule has 0 fully saturated rings. The first-order valence-electron chi connectivity index (χ1n) is 15.6. The zero-order valence-corrected chi connectivity index (χ0v) is 30.9. The third-order valence-electron chi connectivity index (χ3n) is 7.54. The van der Waals surface area contributed by atoms with Crippen LogP contribution in [-0.4, -0.2) is 54.9 Å². The smallest absolute Gasteiger partial charge is 0.506 e. The number of phenols is 2. The second-order valence-electron chi connectivity index (χ2n) is 11.4. The van der Waals surface area contributed by atoms with Gasteiger partial charge >= 0.3 is 18.9 Å². The van der Waals surface area contributed by atoms with Crippen LogP contribution in [0.3, 0.4) is 0 Å². The molecule has 0 saturated heterocycles. The number of hydrogen-bond acceptors (Lipinski definition) is 14. The first-order valence-corrected chi connectivity index (χ1v) is 15.6. The molecule has 2 amide bonds. The van der Waals surface area contributed by atoms with Gasteiger partial charge in [-0.2, -0.15) is 10.2 Å². The summed E-state index contributed by atoms with van der Waals surface area (Å²) in [7, 11) is 0. The molecule has 6 N–H and O–H groups in total. The maximum Gasteiger partial charge on any atom is 1.00 e. The number of aromatic hydroxyl groups is 2. The first kappa shape index (κ1) is 43.5. The SMILES string of the molecule is CC(=O)Nc1cccc2c1/C(=N/Nc1cc([N+](=O)[O-])ccc1O)C(=O)C=C2.CC(=O)Nc1cccc2c1/C(=N/Nc1cc([N+](=O)[O-])ccc1O)C(=O)C=C2.[Cr].[Li+]. The number of phenolic OH excluding ortho intramolecular Hbond substituents is 2. The Bertz CT molecular complexity index is 2230. The number of carbonyl (C=O) groups excluding carboxylic acids is 4. The van der Waals surface area contributed by atoms with Gasteiger partial charge in [0.1, 0.15) is 34.3 Å². The maximum absolute atomic E-state index is 12.3. The molecule has 0 saturated carbocycles. The molecule has 0 bridgehead atoms. The Balaban J connectivity index is 0.000000290. The van der Waals surface area contributed by atoms with E-state index in [4.69, 9.17) is 0 Å². The molecule has 0 spiro atoms. The van der Waals surface area contributed by atoms with E-state index in [1.54, 1.807) is 48.6 Å². The van der Waals surface area contributed by atoms with Crippen LogP contribution in [0.25, 0.3) is 12.2 Å². The van der Waals surface area contributed by atoms with E-state index in [9.17, 15) is 49.6 Å². The number of amides is 2. The average Bonchev–Trinajstić information content (AvgIpc) is 3.12. The Morgan fingerprint density at radius 1 is 0.607 bits per heavy atom. The van der Waals surface area contributed by atoms with Gasteiger partial charge in [-0.3, -0.25) is 50.3 Å². The Kier molecular flexibility index (Phi) is 14.7. The molecule has 0 radical (unpaired) electrons. The van der Waals surface area contributed by atoms with Gasteiger partial charge in [0.2, 0.25) is 23.4 Å². The van der Waals surface area contributed by atoms with Crippen molar-refractivity contribution in [2.75, 3.05) is 21.5 Å². The predicted molar refractivity (Wildman–Crippen MR) is 199 cm³/mol. The summed E-state index contributed by atoms with van der Waals surface area (Å²) in [6, 6.07) is 17.0. The first-order chi connectivity index (χ1) is 25.7. The van der Waals surface area contributed by atoms with Crippen molar-refractivity contribution in [2.24, 2.45) is 10.2 Å². The number of hydrogen-bond donors (Lipinski definition) is 6. The molecule has 0 aromatic heterocycles. The molecule has 20 heteroatoms. The topological polar surface area (TPSA) is 268 Å². The number of non-ortho nitro benzene ring substituents is 2. The summed E-state index contributed by atoms with van der Waals surface area (Å²) >= 11 is 0. The fourth-order valence-electron chi connectivity index (χ4n) is 5.18. The van der Waals surface area contributed by atoms with Gasteiger partial charge in [0.15, 0.2) is 0 Å². The molecular weight excluding hydrogens is 763 g/mol. The molecule has 0 aliphatic heterocycles. The van der Waals surface area contributed by atoms with E-state index in [1.165, 1.54) is 26.0 Å². The number of nitro benzene ring substituents is 2. The molecule has 2 aliphatic rings. The molecular formula is C36H28CrLiN8O10+. The number of nitrogens with one attached hydrogen (secondary N) is 4. The molecule has 278 valence electrons. The number of allylic oxidation sites excluding steroid dienone is 2. The summed E-state index contributed by atoms with van der Waals surface area (Å²) in [5, 5.41) is 54.9. The zero-order chi connectivity index (χ0) is 39.1. The Labute approximate surface area is 339 Å². The number of ketones is 2. The van der Waals surface area contributed by atoms with Gasteiger partial charge in [0.25, 0.3) is 11.4 Å². The number of fused-ring (bicyclic) bond motifs is 2. The Morgan fingerprint density at radius 2 is 0.982 bits per heavy atom. The monoisotopic (exact) mass is 791 g/mol. The third-order valence-corrected chi connectivity index (χ3v) is 7.54. The number of benzene rings is 4.